The number of hydrazine groups is 1. The van der Waals surface area contributed by atoms with E-state index in [4.69, 9.17) is 16.7 Å². The van der Waals surface area contributed by atoms with Crippen molar-refractivity contribution in [1.29, 1.82) is 0 Å². The first kappa shape index (κ1) is 7.77. The van der Waals surface area contributed by atoms with Gasteiger partial charge in [0.25, 0.3) is 0 Å². The monoisotopic (exact) mass is 131 g/mol. The molecule has 0 bridgehead atoms. The second-order valence-electron chi connectivity index (χ2n) is 1.41. The summed E-state index contributed by atoms with van der Waals surface area (Å²) in [7, 11) is 0. The van der Waals surface area contributed by atoms with E-state index in [-0.39, 0.29) is 6.42 Å². The average Bonchev–Trinajstić information content (AvgIpc) is 1.82. The van der Waals surface area contributed by atoms with E-state index in [1.165, 1.54) is 0 Å². The molecule has 0 aliphatic rings. The number of aliphatic carboxylic acids is 1. The van der Waals surface area contributed by atoms with Crippen LogP contribution in [0.25, 0.3) is 0 Å². The number of carboxylic acid groups (broad SMARTS) is 1. The van der Waals surface area contributed by atoms with E-state index in [9.17, 15) is 4.79 Å². The molecule has 0 amide bonds. The molecular weight excluding hydrogens is 122 g/mol. The van der Waals surface area contributed by atoms with Crippen molar-refractivity contribution >= 4 is 5.97 Å². The maximum Gasteiger partial charge on any atom is 0.309 e. The van der Waals surface area contributed by atoms with E-state index >= 15 is 0 Å². The summed E-state index contributed by atoms with van der Waals surface area (Å²) in [5.74, 6) is 3.90. The summed E-state index contributed by atoms with van der Waals surface area (Å²) in [4.78, 5) is 9.94. The first-order valence-electron chi connectivity index (χ1n) is 2.30. The van der Waals surface area contributed by atoms with Crippen molar-refractivity contribution in [3.63, 3.8) is 0 Å². The standard InChI is InChI=1S/C4H9N3O2/c5-2-3(7-6)1-4(8)9/h2,7H,1,5-6H2,(H,8,9)/b3-2-. The molecule has 9 heavy (non-hydrogen) atoms. The quantitative estimate of drug-likeness (QED) is 0.282. The molecular formula is C4H9N3O2. The Morgan fingerprint density at radius 2 is 2.33 bits per heavy atom. The molecule has 0 unspecified atom stereocenters. The summed E-state index contributed by atoms with van der Waals surface area (Å²) in [5, 5.41) is 8.15. The molecule has 0 rings (SSSR count). The van der Waals surface area contributed by atoms with Gasteiger partial charge in [-0.2, -0.15) is 0 Å². The summed E-state index contributed by atoms with van der Waals surface area (Å²) in [5.41, 5.74) is 7.40. The Hall–Kier alpha value is -1.23. The van der Waals surface area contributed by atoms with Gasteiger partial charge < -0.3 is 16.3 Å². The van der Waals surface area contributed by atoms with Crippen LogP contribution in [0.3, 0.4) is 0 Å². The molecule has 5 nitrogen and oxygen atoms in total. The van der Waals surface area contributed by atoms with Crippen LogP contribution < -0.4 is 17.0 Å². The molecule has 0 aromatic carbocycles. The van der Waals surface area contributed by atoms with Crippen LogP contribution in [0.1, 0.15) is 6.42 Å². The molecule has 52 valence electrons. The second kappa shape index (κ2) is 3.73. The number of nitrogens with two attached hydrogens (primary N) is 2. The third-order valence-electron chi connectivity index (χ3n) is 0.728. The summed E-state index contributed by atoms with van der Waals surface area (Å²) < 4.78 is 0. The molecule has 5 heteroatoms. The number of carboxylic acids is 1. The van der Waals surface area contributed by atoms with Gasteiger partial charge >= 0.3 is 5.97 Å². The zero-order valence-corrected chi connectivity index (χ0v) is 4.79. The summed E-state index contributed by atoms with van der Waals surface area (Å²) in [6.45, 7) is 0. The lowest BCUT2D eigenvalue weighted by atomic mass is 10.3. The number of rotatable bonds is 3. The third kappa shape index (κ3) is 3.36. The molecule has 6 N–H and O–H groups in total. The third-order valence-corrected chi connectivity index (χ3v) is 0.728. The molecule has 0 fully saturated rings. The molecule has 0 aliphatic heterocycles. The molecule has 0 spiro atoms. The zero-order chi connectivity index (χ0) is 7.28. The summed E-state index contributed by atoms with van der Waals surface area (Å²) in [6, 6.07) is 0. The predicted octanol–water partition coefficient (Wildman–Crippen LogP) is -1.28. The number of hydrogen-bond acceptors (Lipinski definition) is 4. The van der Waals surface area contributed by atoms with E-state index in [0.717, 1.165) is 6.20 Å². The fraction of sp³-hybridized carbons (Fsp3) is 0.250. The topological polar surface area (TPSA) is 101 Å². The van der Waals surface area contributed by atoms with Crippen LogP contribution in [0.5, 0.6) is 0 Å². The van der Waals surface area contributed by atoms with Crippen molar-refractivity contribution in [1.82, 2.24) is 5.43 Å². The Labute approximate surface area is 52.3 Å². The molecule has 0 radical (unpaired) electrons. The smallest absolute Gasteiger partial charge is 0.309 e. The first-order chi connectivity index (χ1) is 4.20. The molecule has 0 atom stereocenters. The van der Waals surface area contributed by atoms with Crippen LogP contribution in [0.4, 0.5) is 0 Å². The highest BCUT2D eigenvalue weighted by molar-refractivity contribution is 5.69. The molecule has 0 aromatic rings. The van der Waals surface area contributed by atoms with Crippen molar-refractivity contribution in [2.45, 2.75) is 6.42 Å². The van der Waals surface area contributed by atoms with E-state index < -0.39 is 5.97 Å². The molecule has 0 heterocycles. The van der Waals surface area contributed by atoms with Gasteiger partial charge in [-0.1, -0.05) is 0 Å². The Bertz CT molecular complexity index is 132. The van der Waals surface area contributed by atoms with Crippen LogP contribution in [0.2, 0.25) is 0 Å². The van der Waals surface area contributed by atoms with Crippen molar-refractivity contribution in [2.24, 2.45) is 11.6 Å². The fourth-order valence-corrected chi connectivity index (χ4v) is 0.321. The number of hydrogen-bond donors (Lipinski definition) is 4. The van der Waals surface area contributed by atoms with E-state index in [1.807, 2.05) is 0 Å². The Morgan fingerprint density at radius 3 is 2.44 bits per heavy atom. The van der Waals surface area contributed by atoms with E-state index in [1.54, 1.807) is 0 Å². The van der Waals surface area contributed by atoms with Crippen LogP contribution in [0.15, 0.2) is 11.9 Å². The highest BCUT2D eigenvalue weighted by Gasteiger charge is 1.99. The highest BCUT2D eigenvalue weighted by atomic mass is 16.4. The van der Waals surface area contributed by atoms with Gasteiger partial charge in [-0.3, -0.25) is 10.6 Å². The Morgan fingerprint density at radius 1 is 1.78 bits per heavy atom. The SMILES string of the molecule is N/C=C(/CC(=O)O)NN. The summed E-state index contributed by atoms with van der Waals surface area (Å²) >= 11 is 0. The summed E-state index contributed by atoms with van der Waals surface area (Å²) in [6.07, 6.45) is 0.946. The largest absolute Gasteiger partial charge is 0.481 e. The van der Waals surface area contributed by atoms with Crippen LogP contribution in [-0.4, -0.2) is 11.1 Å². The zero-order valence-electron chi connectivity index (χ0n) is 4.79. The Kier molecular flexibility index (Phi) is 3.22. The van der Waals surface area contributed by atoms with Gasteiger partial charge in [0, 0.05) is 6.20 Å². The minimum atomic E-state index is -0.968. The fourth-order valence-electron chi connectivity index (χ4n) is 0.321. The van der Waals surface area contributed by atoms with Gasteiger partial charge in [-0.15, -0.1) is 0 Å². The van der Waals surface area contributed by atoms with Crippen LogP contribution >= 0.6 is 0 Å². The average molecular weight is 131 g/mol. The van der Waals surface area contributed by atoms with Crippen molar-refractivity contribution in [3.8, 4) is 0 Å². The van der Waals surface area contributed by atoms with Crippen molar-refractivity contribution in [3.05, 3.63) is 11.9 Å². The van der Waals surface area contributed by atoms with Crippen molar-refractivity contribution in [2.75, 3.05) is 0 Å². The minimum Gasteiger partial charge on any atom is -0.481 e. The maximum absolute atomic E-state index is 9.94. The molecule has 0 aliphatic carbocycles. The van der Waals surface area contributed by atoms with Gasteiger partial charge in [-0.05, 0) is 0 Å². The van der Waals surface area contributed by atoms with Gasteiger partial charge in [-0.25, -0.2) is 0 Å². The first-order valence-corrected chi connectivity index (χ1v) is 2.30. The van der Waals surface area contributed by atoms with Gasteiger partial charge in [0.15, 0.2) is 0 Å². The van der Waals surface area contributed by atoms with Gasteiger partial charge in [0.1, 0.15) is 0 Å². The van der Waals surface area contributed by atoms with Crippen LogP contribution in [-0.2, 0) is 4.79 Å². The number of carbonyl (C=O) groups is 1. The Balaban J connectivity index is 3.71. The van der Waals surface area contributed by atoms with E-state index in [0.29, 0.717) is 5.70 Å². The van der Waals surface area contributed by atoms with Crippen LogP contribution in [0, 0.1) is 0 Å². The van der Waals surface area contributed by atoms with E-state index in [2.05, 4.69) is 5.43 Å². The normalized spacial score (nSPS) is 11.0. The van der Waals surface area contributed by atoms with Gasteiger partial charge in [0.05, 0.1) is 12.1 Å². The maximum atomic E-state index is 9.94. The molecule has 0 saturated carbocycles. The second-order valence-corrected chi connectivity index (χ2v) is 1.41. The lowest BCUT2D eigenvalue weighted by Crippen LogP contribution is -2.23. The number of nitrogens with one attached hydrogen (secondary N) is 1. The molecule has 0 saturated heterocycles. The molecule has 0 aromatic heterocycles. The lowest BCUT2D eigenvalue weighted by Gasteiger charge is -1.99. The van der Waals surface area contributed by atoms with Crippen molar-refractivity contribution < 1.29 is 9.90 Å². The van der Waals surface area contributed by atoms with Gasteiger partial charge in [0.2, 0.25) is 0 Å². The predicted molar refractivity (Wildman–Crippen MR) is 31.8 cm³/mol. The lowest BCUT2D eigenvalue weighted by molar-refractivity contribution is -0.136. The highest BCUT2D eigenvalue weighted by Crippen LogP contribution is 1.90. The minimum absolute atomic E-state index is 0.174.